The molecule has 1 aromatic carbocycles. The van der Waals surface area contributed by atoms with E-state index in [1.165, 1.54) is 35.0 Å². The number of rotatable bonds is 5. The van der Waals surface area contributed by atoms with Gasteiger partial charge in [0.25, 0.3) is 0 Å². The first-order valence-corrected chi connectivity index (χ1v) is 8.12. The van der Waals surface area contributed by atoms with Crippen molar-refractivity contribution in [2.45, 2.75) is 39.2 Å². The summed E-state index contributed by atoms with van der Waals surface area (Å²) in [6.45, 7) is 8.36. The van der Waals surface area contributed by atoms with Gasteiger partial charge in [0.2, 0.25) is 0 Å². The van der Waals surface area contributed by atoms with Gasteiger partial charge in [-0.1, -0.05) is 19.9 Å². The normalized spacial score (nSPS) is 16.9. The second-order valence-electron chi connectivity index (χ2n) is 6.49. The highest BCUT2D eigenvalue weighted by Crippen LogP contribution is 2.22. The van der Waals surface area contributed by atoms with Gasteiger partial charge in [-0.3, -0.25) is 0 Å². The van der Waals surface area contributed by atoms with E-state index in [0.29, 0.717) is 5.92 Å². The van der Waals surface area contributed by atoms with Crippen molar-refractivity contribution >= 4 is 10.9 Å². The van der Waals surface area contributed by atoms with E-state index in [2.05, 4.69) is 48.4 Å². The number of hydrogen-bond donors (Lipinski definition) is 2. The van der Waals surface area contributed by atoms with E-state index in [9.17, 15) is 0 Å². The van der Waals surface area contributed by atoms with E-state index in [0.717, 1.165) is 32.2 Å². The Balaban J connectivity index is 1.58. The monoisotopic (exact) mass is 286 g/mol. The summed E-state index contributed by atoms with van der Waals surface area (Å²) in [5.41, 5.74) is 3.92. The smallest absolute Gasteiger partial charge is 0.0469 e. The van der Waals surface area contributed by atoms with Gasteiger partial charge in [-0.25, -0.2) is 0 Å². The van der Waals surface area contributed by atoms with Crippen molar-refractivity contribution in [2.75, 3.05) is 19.8 Å². The number of fused-ring (bicyclic) bond motifs is 1. The first-order chi connectivity index (χ1) is 10.2. The van der Waals surface area contributed by atoms with Gasteiger partial charge in [0.05, 0.1) is 0 Å². The van der Waals surface area contributed by atoms with Crippen LogP contribution in [-0.2, 0) is 11.3 Å². The molecule has 1 aliphatic rings. The molecule has 3 heteroatoms. The Kier molecular flexibility index (Phi) is 4.61. The number of H-pyrrole nitrogens is 1. The van der Waals surface area contributed by atoms with Crippen LogP contribution in [0.4, 0.5) is 0 Å². The molecule has 114 valence electrons. The van der Waals surface area contributed by atoms with E-state index < -0.39 is 0 Å². The maximum atomic E-state index is 5.40. The van der Waals surface area contributed by atoms with E-state index in [-0.39, 0.29) is 0 Å². The Labute approximate surface area is 127 Å². The molecular formula is C18H26N2O. The van der Waals surface area contributed by atoms with Gasteiger partial charge in [-0.15, -0.1) is 0 Å². The number of hydrogen-bond acceptors (Lipinski definition) is 2. The summed E-state index contributed by atoms with van der Waals surface area (Å²) in [5.74, 6) is 1.33. The van der Waals surface area contributed by atoms with Crippen molar-refractivity contribution in [3.8, 4) is 0 Å². The second kappa shape index (κ2) is 6.63. The van der Waals surface area contributed by atoms with Gasteiger partial charge in [0.1, 0.15) is 0 Å². The molecule has 3 rings (SSSR count). The molecule has 0 unspecified atom stereocenters. The molecule has 0 aliphatic carbocycles. The van der Waals surface area contributed by atoms with Gasteiger partial charge in [0.15, 0.2) is 0 Å². The van der Waals surface area contributed by atoms with Crippen molar-refractivity contribution in [3.05, 3.63) is 35.5 Å². The molecule has 2 N–H and O–H groups in total. The Morgan fingerprint density at radius 3 is 2.81 bits per heavy atom. The van der Waals surface area contributed by atoms with E-state index >= 15 is 0 Å². The molecule has 1 fully saturated rings. The fourth-order valence-electron chi connectivity index (χ4n) is 3.00. The first-order valence-electron chi connectivity index (χ1n) is 8.12. The molecule has 1 aliphatic heterocycles. The van der Waals surface area contributed by atoms with Crippen LogP contribution in [0.1, 0.15) is 43.9 Å². The summed E-state index contributed by atoms with van der Waals surface area (Å²) in [4.78, 5) is 3.50. The zero-order chi connectivity index (χ0) is 14.7. The average Bonchev–Trinajstić information content (AvgIpc) is 2.92. The molecule has 0 bridgehead atoms. The lowest BCUT2D eigenvalue weighted by molar-refractivity contribution is 0.0662. The van der Waals surface area contributed by atoms with Crippen LogP contribution in [0, 0.1) is 5.92 Å². The van der Waals surface area contributed by atoms with Crippen LogP contribution >= 0.6 is 0 Å². The summed E-state index contributed by atoms with van der Waals surface area (Å²) in [5, 5.41) is 4.92. The van der Waals surface area contributed by atoms with Gasteiger partial charge >= 0.3 is 0 Å². The molecule has 0 atom stereocenters. The Morgan fingerprint density at radius 1 is 1.24 bits per heavy atom. The molecule has 3 nitrogen and oxygen atoms in total. The van der Waals surface area contributed by atoms with Crippen LogP contribution in [0.5, 0.6) is 0 Å². The number of nitrogens with one attached hydrogen (secondary N) is 2. The number of benzene rings is 1. The maximum absolute atomic E-state index is 5.40. The van der Waals surface area contributed by atoms with Crippen LogP contribution in [0.2, 0.25) is 0 Å². The second-order valence-corrected chi connectivity index (χ2v) is 6.49. The summed E-state index contributed by atoms with van der Waals surface area (Å²) in [7, 11) is 0. The lowest BCUT2D eigenvalue weighted by atomic mass is 10.0. The Hall–Kier alpha value is -1.32. The third kappa shape index (κ3) is 3.66. The lowest BCUT2D eigenvalue weighted by Crippen LogP contribution is -2.27. The summed E-state index contributed by atoms with van der Waals surface area (Å²) < 4.78 is 5.40. The highest BCUT2D eigenvalue weighted by atomic mass is 16.5. The molecular weight excluding hydrogens is 260 g/mol. The fourth-order valence-corrected chi connectivity index (χ4v) is 3.00. The van der Waals surface area contributed by atoms with Gasteiger partial charge in [0, 0.05) is 31.0 Å². The largest absolute Gasteiger partial charge is 0.381 e. The Bertz CT molecular complexity index is 582. The number of aromatic amines is 1. The lowest BCUT2D eigenvalue weighted by Gasteiger charge is -2.22. The molecule has 0 amide bonds. The molecule has 1 aromatic heterocycles. The minimum absolute atomic E-state index is 0.549. The summed E-state index contributed by atoms with van der Waals surface area (Å²) in [6.07, 6.45) is 2.39. The zero-order valence-electron chi connectivity index (χ0n) is 13.1. The number of aromatic nitrogens is 1. The molecule has 2 heterocycles. The third-order valence-corrected chi connectivity index (χ3v) is 4.43. The molecule has 2 aromatic rings. The highest BCUT2D eigenvalue weighted by Gasteiger charge is 2.13. The summed E-state index contributed by atoms with van der Waals surface area (Å²) in [6, 6.07) is 9.00. The average molecular weight is 286 g/mol. The predicted octanol–water partition coefficient (Wildman–Crippen LogP) is 3.81. The van der Waals surface area contributed by atoms with E-state index in [4.69, 9.17) is 4.74 Å². The first kappa shape index (κ1) is 14.6. The van der Waals surface area contributed by atoms with Gasteiger partial charge in [-0.05, 0) is 60.4 Å². The van der Waals surface area contributed by atoms with Crippen molar-refractivity contribution in [3.63, 3.8) is 0 Å². The molecule has 0 saturated carbocycles. The van der Waals surface area contributed by atoms with Crippen LogP contribution in [-0.4, -0.2) is 24.7 Å². The topological polar surface area (TPSA) is 37.0 Å². The van der Waals surface area contributed by atoms with Crippen LogP contribution < -0.4 is 5.32 Å². The summed E-state index contributed by atoms with van der Waals surface area (Å²) >= 11 is 0. The van der Waals surface area contributed by atoms with E-state index in [1.807, 2.05) is 0 Å². The van der Waals surface area contributed by atoms with Gasteiger partial charge < -0.3 is 15.0 Å². The third-order valence-electron chi connectivity index (χ3n) is 4.43. The molecule has 0 radical (unpaired) electrons. The number of ether oxygens (including phenoxy) is 1. The quantitative estimate of drug-likeness (QED) is 0.877. The van der Waals surface area contributed by atoms with E-state index in [1.54, 1.807) is 0 Å². The maximum Gasteiger partial charge on any atom is 0.0469 e. The van der Waals surface area contributed by atoms with Crippen molar-refractivity contribution in [1.82, 2.24) is 10.3 Å². The Morgan fingerprint density at radius 2 is 2.05 bits per heavy atom. The van der Waals surface area contributed by atoms with Crippen LogP contribution in [0.15, 0.2) is 24.3 Å². The molecule has 21 heavy (non-hydrogen) atoms. The van der Waals surface area contributed by atoms with Gasteiger partial charge in [-0.2, -0.15) is 0 Å². The molecule has 0 spiro atoms. The van der Waals surface area contributed by atoms with Crippen molar-refractivity contribution in [2.24, 2.45) is 5.92 Å². The standard InChI is InChI=1S/C18H26N2O/c1-13(2)18-10-16-9-15(3-4-17(16)20-18)12-19-11-14-5-7-21-8-6-14/h3-4,9-10,13-14,19-20H,5-8,11-12H2,1-2H3. The van der Waals surface area contributed by atoms with Crippen molar-refractivity contribution in [1.29, 1.82) is 0 Å². The highest BCUT2D eigenvalue weighted by molar-refractivity contribution is 5.81. The minimum Gasteiger partial charge on any atom is -0.381 e. The fraction of sp³-hybridized carbons (Fsp3) is 0.556. The predicted molar refractivity (Wildman–Crippen MR) is 87.6 cm³/mol. The van der Waals surface area contributed by atoms with Crippen LogP contribution in [0.25, 0.3) is 10.9 Å². The zero-order valence-corrected chi connectivity index (χ0v) is 13.1. The van der Waals surface area contributed by atoms with Crippen LogP contribution in [0.3, 0.4) is 0 Å². The minimum atomic E-state index is 0.549. The van der Waals surface area contributed by atoms with Crippen molar-refractivity contribution < 1.29 is 4.74 Å². The molecule has 1 saturated heterocycles. The SMILES string of the molecule is CC(C)c1cc2cc(CNCC3CCOCC3)ccc2[nH]1.